The number of nitro groups is 1. The molecule has 184 valence electrons. The van der Waals surface area contributed by atoms with E-state index in [1.165, 1.54) is 25.3 Å². The van der Waals surface area contributed by atoms with Crippen LogP contribution in [0.3, 0.4) is 0 Å². The molecule has 0 saturated carbocycles. The van der Waals surface area contributed by atoms with E-state index in [1.807, 2.05) is 0 Å². The third kappa shape index (κ3) is 5.70. The number of nitrogens with zero attached hydrogens (tertiary/aromatic N) is 2. The Bertz CT molecular complexity index is 1200. The number of carbonyl (C=O) groups is 1. The zero-order valence-electron chi connectivity index (χ0n) is 18.0. The highest BCUT2D eigenvalue weighted by Gasteiger charge is 2.42. The number of hydrogen-bond donors (Lipinski definition) is 3. The minimum Gasteiger partial charge on any atom is -0.434 e. The number of ether oxygens (including phenoxy) is 3. The third-order valence-electron chi connectivity index (χ3n) is 5.26. The Hall–Kier alpha value is -3.07. The second-order valence-corrected chi connectivity index (χ2v) is 8.68. The number of nitro benzene ring substituents is 1. The molecule has 1 fully saturated rings. The Morgan fingerprint density at radius 3 is 2.82 bits per heavy atom. The summed E-state index contributed by atoms with van der Waals surface area (Å²) in [7, 11) is 0. The molecule has 5 atom stereocenters. The first-order valence-electron chi connectivity index (χ1n) is 10.1. The minimum atomic E-state index is -1.93. The van der Waals surface area contributed by atoms with Gasteiger partial charge in [-0.25, -0.2) is 9.59 Å². The number of halogens is 1. The van der Waals surface area contributed by atoms with Gasteiger partial charge in [-0.3, -0.25) is 24.5 Å². The van der Waals surface area contributed by atoms with Crippen LogP contribution in [-0.4, -0.2) is 55.9 Å². The lowest BCUT2D eigenvalue weighted by atomic mass is 10.0. The fraction of sp³-hybridized carbons (Fsp3) is 0.450. The van der Waals surface area contributed by atoms with Gasteiger partial charge in [-0.2, -0.15) is 0 Å². The highest BCUT2D eigenvalue weighted by molar-refractivity contribution is 9.10. The molecule has 2 heterocycles. The first-order chi connectivity index (χ1) is 16.0. The van der Waals surface area contributed by atoms with Gasteiger partial charge < -0.3 is 24.4 Å². The van der Waals surface area contributed by atoms with Crippen molar-refractivity contribution in [3.63, 3.8) is 0 Å². The molecule has 2 aromatic rings. The number of aromatic amines is 1. The van der Waals surface area contributed by atoms with Crippen molar-refractivity contribution < 1.29 is 34.1 Å². The minimum absolute atomic E-state index is 0.115. The molecular formula is C20H22BrN3O10. The molecule has 3 N–H and O–H groups in total. The average molecular weight is 544 g/mol. The Labute approximate surface area is 200 Å². The molecule has 34 heavy (non-hydrogen) atoms. The fourth-order valence-electron chi connectivity index (χ4n) is 3.48. The summed E-state index contributed by atoms with van der Waals surface area (Å²) >= 11 is 3.17. The van der Waals surface area contributed by atoms with Crippen LogP contribution < -0.4 is 11.2 Å². The number of aliphatic hydroxyl groups excluding tert-OH is 2. The Morgan fingerprint density at radius 1 is 1.44 bits per heavy atom. The van der Waals surface area contributed by atoms with Crippen LogP contribution in [0.25, 0.3) is 0 Å². The van der Waals surface area contributed by atoms with Crippen LogP contribution in [0.1, 0.15) is 36.6 Å². The first-order valence-corrected chi connectivity index (χ1v) is 10.9. The highest BCUT2D eigenvalue weighted by atomic mass is 79.9. The summed E-state index contributed by atoms with van der Waals surface area (Å²) < 4.78 is 16.8. The Kier molecular flexibility index (Phi) is 7.86. The van der Waals surface area contributed by atoms with Crippen molar-refractivity contribution in [3.05, 3.63) is 70.9 Å². The van der Waals surface area contributed by atoms with E-state index >= 15 is 0 Å². The number of carbonyl (C=O) groups excluding carboxylic acids is 1. The van der Waals surface area contributed by atoms with E-state index < -0.39 is 53.0 Å². The quantitative estimate of drug-likeness (QED) is 0.200. The van der Waals surface area contributed by atoms with Crippen LogP contribution in [0.4, 0.5) is 10.5 Å². The molecule has 0 spiro atoms. The topological polar surface area (TPSA) is 183 Å². The van der Waals surface area contributed by atoms with Crippen molar-refractivity contribution >= 4 is 27.8 Å². The molecule has 14 heteroatoms. The van der Waals surface area contributed by atoms with E-state index in [0.29, 0.717) is 10.0 Å². The van der Waals surface area contributed by atoms with Crippen molar-refractivity contribution in [2.75, 3.05) is 6.61 Å². The zero-order chi connectivity index (χ0) is 25.2. The standard InChI is InChI=1S/C20H22BrN3O10/c1-9-7-23(19(28)22-17(9)26)15-6-14(25)16(33-15)18(27)34-20(29)32-8-10(2)12-4-3-11(21)5-13(12)24(30)31/h3-5,7,10,14-16,18,25,27H,6,8H2,1-2H3,(H,22,26,28)/t10?,14-,15+,16-,18?/m0/s1. The molecule has 0 amide bonds. The SMILES string of the molecule is Cc1cn([C@H]2C[C@H](O)[C@@H](C(O)OC(=O)OCC(C)c3ccc(Br)cc3[N+](=O)[O-])O2)c(=O)[nH]c1=O. The third-order valence-corrected chi connectivity index (χ3v) is 5.76. The predicted molar refractivity (Wildman–Crippen MR) is 118 cm³/mol. The predicted octanol–water partition coefficient (Wildman–Crippen LogP) is 1.44. The number of hydrogen-bond acceptors (Lipinski definition) is 10. The van der Waals surface area contributed by atoms with Gasteiger partial charge in [0, 0.05) is 40.2 Å². The molecule has 1 saturated heterocycles. The molecule has 1 aliphatic heterocycles. The van der Waals surface area contributed by atoms with Crippen molar-refractivity contribution in [2.24, 2.45) is 0 Å². The fourth-order valence-corrected chi connectivity index (χ4v) is 3.83. The number of rotatable bonds is 7. The molecule has 2 unspecified atom stereocenters. The van der Waals surface area contributed by atoms with Crippen molar-refractivity contribution in [3.8, 4) is 0 Å². The molecule has 13 nitrogen and oxygen atoms in total. The van der Waals surface area contributed by atoms with Gasteiger partial charge in [0.25, 0.3) is 11.2 Å². The number of benzene rings is 1. The van der Waals surface area contributed by atoms with Gasteiger partial charge in [-0.05, 0) is 13.0 Å². The maximum absolute atomic E-state index is 12.0. The number of aryl methyl sites for hydroxylation is 1. The van der Waals surface area contributed by atoms with E-state index in [2.05, 4.69) is 20.9 Å². The first kappa shape index (κ1) is 25.6. The van der Waals surface area contributed by atoms with Gasteiger partial charge >= 0.3 is 11.8 Å². The molecule has 0 bridgehead atoms. The van der Waals surface area contributed by atoms with Gasteiger partial charge in [-0.15, -0.1) is 0 Å². The summed E-state index contributed by atoms with van der Waals surface area (Å²) in [4.78, 5) is 48.4. The van der Waals surface area contributed by atoms with Gasteiger partial charge in [0.2, 0.25) is 6.29 Å². The number of nitrogens with one attached hydrogen (secondary N) is 1. The van der Waals surface area contributed by atoms with Crippen LogP contribution in [0.15, 0.2) is 38.5 Å². The van der Waals surface area contributed by atoms with Gasteiger partial charge in [0.15, 0.2) is 0 Å². The summed E-state index contributed by atoms with van der Waals surface area (Å²) in [5.74, 6) is -0.564. The Morgan fingerprint density at radius 2 is 2.15 bits per heavy atom. The summed E-state index contributed by atoms with van der Waals surface area (Å²) in [5, 5.41) is 31.7. The summed E-state index contributed by atoms with van der Waals surface area (Å²) in [5.41, 5.74) is -0.910. The van der Waals surface area contributed by atoms with E-state index in [-0.39, 0.29) is 24.3 Å². The van der Waals surface area contributed by atoms with Crippen LogP contribution in [0.2, 0.25) is 0 Å². The van der Waals surface area contributed by atoms with Crippen LogP contribution in [-0.2, 0) is 14.2 Å². The molecule has 1 aromatic heterocycles. The maximum atomic E-state index is 12.0. The van der Waals surface area contributed by atoms with Crippen molar-refractivity contribution in [2.45, 2.75) is 50.9 Å². The van der Waals surface area contributed by atoms with Gasteiger partial charge in [-0.1, -0.05) is 28.9 Å². The maximum Gasteiger partial charge on any atom is 0.510 e. The second kappa shape index (κ2) is 10.5. The van der Waals surface area contributed by atoms with Gasteiger partial charge in [0.1, 0.15) is 18.9 Å². The second-order valence-electron chi connectivity index (χ2n) is 7.77. The lowest BCUT2D eigenvalue weighted by Crippen LogP contribution is -2.38. The normalized spacial score (nSPS) is 21.6. The van der Waals surface area contributed by atoms with E-state index in [0.717, 1.165) is 4.57 Å². The van der Waals surface area contributed by atoms with Crippen LogP contribution >= 0.6 is 15.9 Å². The highest BCUT2D eigenvalue weighted by Crippen LogP contribution is 2.31. The van der Waals surface area contributed by atoms with Crippen molar-refractivity contribution in [1.29, 1.82) is 0 Å². The van der Waals surface area contributed by atoms with Crippen LogP contribution in [0, 0.1) is 17.0 Å². The molecule has 1 aliphatic rings. The van der Waals surface area contributed by atoms with E-state index in [4.69, 9.17) is 14.2 Å². The lowest BCUT2D eigenvalue weighted by molar-refractivity contribution is -0.385. The van der Waals surface area contributed by atoms with Crippen LogP contribution in [0.5, 0.6) is 0 Å². The molecule has 3 rings (SSSR count). The lowest BCUT2D eigenvalue weighted by Gasteiger charge is -2.21. The Balaban J connectivity index is 1.59. The number of H-pyrrole nitrogens is 1. The molecule has 0 aliphatic carbocycles. The monoisotopic (exact) mass is 543 g/mol. The summed E-state index contributed by atoms with van der Waals surface area (Å²) in [6.07, 6.45) is -5.77. The van der Waals surface area contributed by atoms with E-state index in [1.54, 1.807) is 13.0 Å². The molecule has 0 radical (unpaired) electrons. The largest absolute Gasteiger partial charge is 0.510 e. The molecule has 1 aromatic carbocycles. The zero-order valence-corrected chi connectivity index (χ0v) is 19.6. The summed E-state index contributed by atoms with van der Waals surface area (Å²) in [6, 6.07) is 4.48. The van der Waals surface area contributed by atoms with Gasteiger partial charge in [0.05, 0.1) is 11.0 Å². The average Bonchev–Trinajstić information content (AvgIpc) is 3.15. The number of aliphatic hydroxyl groups is 2. The smallest absolute Gasteiger partial charge is 0.434 e. The van der Waals surface area contributed by atoms with E-state index in [9.17, 15) is 34.7 Å². The molecular weight excluding hydrogens is 522 g/mol. The number of aromatic nitrogens is 2. The summed E-state index contributed by atoms with van der Waals surface area (Å²) in [6.45, 7) is 2.81. The van der Waals surface area contributed by atoms with Crippen molar-refractivity contribution in [1.82, 2.24) is 9.55 Å².